The smallest absolute Gasteiger partial charge is 0.273 e. The van der Waals surface area contributed by atoms with Gasteiger partial charge in [0, 0.05) is 19.3 Å². The molecule has 0 aromatic carbocycles. The number of nitrogens with two attached hydrogens (primary N) is 1. The van der Waals surface area contributed by atoms with Crippen molar-refractivity contribution < 1.29 is 9.90 Å². The zero-order chi connectivity index (χ0) is 15.3. The molecule has 0 spiro atoms. The van der Waals surface area contributed by atoms with Crippen LogP contribution in [-0.2, 0) is 0 Å². The minimum Gasteiger partial charge on any atom is -0.390 e. The lowest BCUT2D eigenvalue weighted by molar-refractivity contribution is 0.0437. The molecule has 1 aliphatic heterocycles. The quantitative estimate of drug-likeness (QED) is 0.748. The molecule has 2 rings (SSSR count). The van der Waals surface area contributed by atoms with E-state index in [1.54, 1.807) is 23.2 Å². The highest BCUT2D eigenvalue weighted by atomic mass is 16.3. The van der Waals surface area contributed by atoms with Crippen molar-refractivity contribution in [3.63, 3.8) is 0 Å². The summed E-state index contributed by atoms with van der Waals surface area (Å²) in [5.74, 6) is 5.52. The van der Waals surface area contributed by atoms with Crippen LogP contribution in [0.2, 0.25) is 0 Å². The number of likely N-dealkylation sites (tertiary alicyclic amines) is 1. The van der Waals surface area contributed by atoms with Crippen LogP contribution < -0.4 is 5.73 Å². The summed E-state index contributed by atoms with van der Waals surface area (Å²) in [7, 11) is 0. The van der Waals surface area contributed by atoms with Gasteiger partial charge in [0.1, 0.15) is 5.69 Å². The average Bonchev–Trinajstić information content (AvgIpc) is 2.65. The third-order valence-corrected chi connectivity index (χ3v) is 3.69. The molecule has 5 nitrogen and oxygen atoms in total. The van der Waals surface area contributed by atoms with Gasteiger partial charge in [0.05, 0.1) is 17.7 Å². The first kappa shape index (κ1) is 15.5. The molecule has 0 radical (unpaired) electrons. The van der Waals surface area contributed by atoms with Gasteiger partial charge in [-0.25, -0.2) is 4.98 Å². The topological polar surface area (TPSA) is 79.5 Å². The first-order valence-corrected chi connectivity index (χ1v) is 7.19. The normalized spacial score (nSPS) is 22.1. The number of aromatic nitrogens is 1. The third-order valence-electron chi connectivity index (χ3n) is 3.69. The van der Waals surface area contributed by atoms with Gasteiger partial charge in [-0.2, -0.15) is 0 Å². The van der Waals surface area contributed by atoms with Gasteiger partial charge in [-0.05, 0) is 38.3 Å². The van der Waals surface area contributed by atoms with Gasteiger partial charge >= 0.3 is 0 Å². The zero-order valence-electron chi connectivity index (χ0n) is 12.3. The monoisotopic (exact) mass is 287 g/mol. The average molecular weight is 287 g/mol. The molecule has 3 N–H and O–H groups in total. The first-order valence-electron chi connectivity index (χ1n) is 7.19. The van der Waals surface area contributed by atoms with Crippen LogP contribution in [0.5, 0.6) is 0 Å². The fourth-order valence-corrected chi connectivity index (χ4v) is 2.44. The Bertz CT molecular complexity index is 572. The minimum absolute atomic E-state index is 0.130. The second kappa shape index (κ2) is 6.70. The van der Waals surface area contributed by atoms with Crippen LogP contribution in [0.25, 0.3) is 0 Å². The molecule has 0 aliphatic carbocycles. The number of nitrogens with zero attached hydrogens (tertiary/aromatic N) is 2. The lowest BCUT2D eigenvalue weighted by atomic mass is 9.98. The second-order valence-electron chi connectivity index (χ2n) is 5.55. The van der Waals surface area contributed by atoms with Crippen molar-refractivity contribution in [2.75, 3.05) is 19.6 Å². The minimum atomic E-state index is -0.693. The Balaban J connectivity index is 2.20. The van der Waals surface area contributed by atoms with E-state index in [0.29, 0.717) is 37.2 Å². The fourth-order valence-electron chi connectivity index (χ4n) is 2.44. The molecule has 2 heterocycles. The number of carbonyl (C=O) groups is 1. The highest BCUT2D eigenvalue weighted by Crippen LogP contribution is 2.22. The molecule has 1 unspecified atom stereocenters. The summed E-state index contributed by atoms with van der Waals surface area (Å²) < 4.78 is 0. The first-order chi connectivity index (χ1) is 10.0. The molecule has 1 fully saturated rings. The van der Waals surface area contributed by atoms with E-state index < -0.39 is 5.60 Å². The van der Waals surface area contributed by atoms with Gasteiger partial charge < -0.3 is 15.7 Å². The van der Waals surface area contributed by atoms with Gasteiger partial charge in [-0.1, -0.05) is 11.8 Å². The van der Waals surface area contributed by atoms with Gasteiger partial charge in [-0.3, -0.25) is 4.79 Å². The number of hydrogen-bond acceptors (Lipinski definition) is 4. The Labute approximate surface area is 125 Å². The predicted molar refractivity (Wildman–Crippen MR) is 80.5 cm³/mol. The lowest BCUT2D eigenvalue weighted by Gasteiger charge is -2.22. The standard InChI is InChI=1S/C16H21N3O2/c1-16(21)7-4-11-19(12-8-16)15(20)14-13(5-2-9-17)6-3-10-18-14/h3,6,10,21H,4,7-9,11-12,17H2,1H3. The highest BCUT2D eigenvalue weighted by molar-refractivity contribution is 5.94. The van der Waals surface area contributed by atoms with Crippen LogP contribution in [0.1, 0.15) is 42.2 Å². The van der Waals surface area contributed by atoms with E-state index >= 15 is 0 Å². The van der Waals surface area contributed by atoms with E-state index in [9.17, 15) is 9.90 Å². The lowest BCUT2D eigenvalue weighted by Crippen LogP contribution is -2.34. The van der Waals surface area contributed by atoms with Crippen molar-refractivity contribution in [1.82, 2.24) is 9.88 Å². The van der Waals surface area contributed by atoms with Gasteiger partial charge in [0.2, 0.25) is 0 Å². The molecular formula is C16H21N3O2. The molecule has 1 saturated heterocycles. The van der Waals surface area contributed by atoms with Crippen LogP contribution in [0, 0.1) is 11.8 Å². The Morgan fingerprint density at radius 3 is 3.10 bits per heavy atom. The number of pyridine rings is 1. The van der Waals surface area contributed by atoms with E-state index in [1.165, 1.54) is 0 Å². The number of aliphatic hydroxyl groups is 1. The van der Waals surface area contributed by atoms with Crippen molar-refractivity contribution >= 4 is 5.91 Å². The molecule has 0 saturated carbocycles. The Morgan fingerprint density at radius 1 is 1.52 bits per heavy atom. The molecule has 1 aromatic heterocycles. The summed E-state index contributed by atoms with van der Waals surface area (Å²) in [4.78, 5) is 18.6. The van der Waals surface area contributed by atoms with E-state index in [1.807, 2.05) is 6.92 Å². The summed E-state index contributed by atoms with van der Waals surface area (Å²) in [6, 6.07) is 3.53. The summed E-state index contributed by atoms with van der Waals surface area (Å²) in [5, 5.41) is 10.1. The molecule has 21 heavy (non-hydrogen) atoms. The van der Waals surface area contributed by atoms with E-state index in [-0.39, 0.29) is 12.5 Å². The van der Waals surface area contributed by atoms with Crippen LogP contribution >= 0.6 is 0 Å². The van der Waals surface area contributed by atoms with Crippen molar-refractivity contribution in [1.29, 1.82) is 0 Å². The Morgan fingerprint density at radius 2 is 2.33 bits per heavy atom. The molecule has 5 heteroatoms. The second-order valence-corrected chi connectivity index (χ2v) is 5.55. The number of carbonyl (C=O) groups excluding carboxylic acids is 1. The predicted octanol–water partition coefficient (Wildman–Crippen LogP) is 0.769. The maximum absolute atomic E-state index is 12.6. The molecular weight excluding hydrogens is 266 g/mol. The van der Waals surface area contributed by atoms with E-state index in [2.05, 4.69) is 16.8 Å². The van der Waals surface area contributed by atoms with E-state index in [0.717, 1.165) is 6.42 Å². The molecule has 0 bridgehead atoms. The van der Waals surface area contributed by atoms with Crippen molar-refractivity contribution in [2.24, 2.45) is 5.73 Å². The molecule has 112 valence electrons. The highest BCUT2D eigenvalue weighted by Gasteiger charge is 2.28. The molecule has 1 amide bonds. The molecule has 1 aliphatic rings. The Kier molecular flexibility index (Phi) is 4.94. The third kappa shape index (κ3) is 4.03. The summed E-state index contributed by atoms with van der Waals surface area (Å²) >= 11 is 0. The number of hydrogen-bond donors (Lipinski definition) is 2. The number of amides is 1. The summed E-state index contributed by atoms with van der Waals surface area (Å²) in [5.41, 5.74) is 5.65. The van der Waals surface area contributed by atoms with Gasteiger partial charge in [-0.15, -0.1) is 0 Å². The van der Waals surface area contributed by atoms with Crippen molar-refractivity contribution in [3.8, 4) is 11.8 Å². The summed E-state index contributed by atoms with van der Waals surface area (Å²) in [6.45, 7) is 3.23. The van der Waals surface area contributed by atoms with Crippen molar-refractivity contribution in [3.05, 3.63) is 29.6 Å². The van der Waals surface area contributed by atoms with Crippen LogP contribution in [0.3, 0.4) is 0 Å². The van der Waals surface area contributed by atoms with Gasteiger partial charge in [0.15, 0.2) is 0 Å². The fraction of sp³-hybridized carbons (Fsp3) is 0.500. The zero-order valence-corrected chi connectivity index (χ0v) is 12.3. The maximum atomic E-state index is 12.6. The van der Waals surface area contributed by atoms with E-state index in [4.69, 9.17) is 5.73 Å². The van der Waals surface area contributed by atoms with Gasteiger partial charge in [0.25, 0.3) is 5.91 Å². The molecule has 1 atom stereocenters. The van der Waals surface area contributed by atoms with Crippen LogP contribution in [0.15, 0.2) is 18.3 Å². The largest absolute Gasteiger partial charge is 0.390 e. The Hall–Kier alpha value is -1.90. The number of rotatable bonds is 1. The van der Waals surface area contributed by atoms with Crippen LogP contribution in [-0.4, -0.2) is 46.1 Å². The van der Waals surface area contributed by atoms with Crippen molar-refractivity contribution in [2.45, 2.75) is 31.8 Å². The van der Waals surface area contributed by atoms with Crippen LogP contribution in [0.4, 0.5) is 0 Å². The molecule has 1 aromatic rings. The SMILES string of the molecule is CC1(O)CCCN(C(=O)c2ncccc2C#CCN)CC1. The summed E-state index contributed by atoms with van der Waals surface area (Å²) in [6.07, 6.45) is 3.67. The maximum Gasteiger partial charge on any atom is 0.273 e.